The average molecular weight is 187 g/mol. The molecule has 1 aromatic carbocycles. The summed E-state index contributed by atoms with van der Waals surface area (Å²) >= 11 is 0. The first kappa shape index (κ1) is 8.73. The summed E-state index contributed by atoms with van der Waals surface area (Å²) in [6, 6.07) is 7.27. The smallest absolute Gasteiger partial charge is 0.209 e. The first-order chi connectivity index (χ1) is 6.83. The average Bonchev–Trinajstić information content (AvgIpc) is 2.59. The Hall–Kier alpha value is -1.86. The Labute approximate surface area is 81.2 Å². The summed E-state index contributed by atoms with van der Waals surface area (Å²) in [6.07, 6.45) is 0. The van der Waals surface area contributed by atoms with Gasteiger partial charge in [0.1, 0.15) is 5.52 Å². The molecule has 1 aromatic heterocycles. The third kappa shape index (κ3) is 1.45. The lowest BCUT2D eigenvalue weighted by atomic mass is 10.2. The number of aromatic nitrogens is 1. The Morgan fingerprint density at radius 2 is 2.43 bits per heavy atom. The van der Waals surface area contributed by atoms with Gasteiger partial charge in [-0.2, -0.15) is 5.26 Å². The fourth-order valence-electron chi connectivity index (χ4n) is 1.27. The quantitative estimate of drug-likeness (QED) is 0.772. The standard InChI is InChI=1S/C10H9N3O/c1-12-6-10-13-8-4-7(5-11)2-3-9(8)14-10/h2-4,12H,6H2,1H3. The number of hydrogen-bond donors (Lipinski definition) is 1. The fraction of sp³-hybridized carbons (Fsp3) is 0.200. The second kappa shape index (κ2) is 3.48. The molecule has 1 heterocycles. The van der Waals surface area contributed by atoms with E-state index in [2.05, 4.69) is 16.4 Å². The molecule has 2 rings (SSSR count). The van der Waals surface area contributed by atoms with Crippen LogP contribution in [-0.2, 0) is 6.54 Å². The van der Waals surface area contributed by atoms with E-state index in [4.69, 9.17) is 9.68 Å². The first-order valence-corrected chi connectivity index (χ1v) is 4.27. The zero-order chi connectivity index (χ0) is 9.97. The van der Waals surface area contributed by atoms with Crippen LogP contribution in [0.3, 0.4) is 0 Å². The topological polar surface area (TPSA) is 61.9 Å². The Morgan fingerprint density at radius 1 is 1.57 bits per heavy atom. The number of nitrogens with zero attached hydrogens (tertiary/aromatic N) is 2. The van der Waals surface area contributed by atoms with E-state index in [0.29, 0.717) is 23.6 Å². The molecule has 0 bridgehead atoms. The normalized spacial score (nSPS) is 10.3. The SMILES string of the molecule is CNCc1nc2cc(C#N)ccc2o1. The van der Waals surface area contributed by atoms with E-state index in [9.17, 15) is 0 Å². The van der Waals surface area contributed by atoms with Crippen LogP contribution in [0, 0.1) is 11.3 Å². The molecule has 0 saturated heterocycles. The van der Waals surface area contributed by atoms with Gasteiger partial charge >= 0.3 is 0 Å². The highest BCUT2D eigenvalue weighted by molar-refractivity contribution is 5.74. The number of nitrogens with one attached hydrogen (secondary N) is 1. The van der Waals surface area contributed by atoms with E-state index in [0.717, 1.165) is 5.52 Å². The maximum Gasteiger partial charge on any atom is 0.209 e. The Morgan fingerprint density at radius 3 is 3.14 bits per heavy atom. The molecular formula is C10H9N3O. The third-order valence-corrected chi connectivity index (χ3v) is 1.89. The van der Waals surface area contributed by atoms with Gasteiger partial charge in [-0.15, -0.1) is 0 Å². The van der Waals surface area contributed by atoms with Gasteiger partial charge in [0.25, 0.3) is 0 Å². The molecule has 0 aliphatic carbocycles. The molecule has 0 aliphatic heterocycles. The lowest BCUT2D eigenvalue weighted by Crippen LogP contribution is -2.04. The maximum atomic E-state index is 8.69. The summed E-state index contributed by atoms with van der Waals surface area (Å²) < 4.78 is 5.42. The van der Waals surface area contributed by atoms with E-state index in [1.807, 2.05) is 7.05 Å². The summed E-state index contributed by atoms with van der Waals surface area (Å²) in [5.41, 5.74) is 2.05. The highest BCUT2D eigenvalue weighted by atomic mass is 16.3. The van der Waals surface area contributed by atoms with E-state index >= 15 is 0 Å². The van der Waals surface area contributed by atoms with Crippen molar-refractivity contribution in [2.24, 2.45) is 0 Å². The van der Waals surface area contributed by atoms with Crippen molar-refractivity contribution in [3.63, 3.8) is 0 Å². The zero-order valence-corrected chi connectivity index (χ0v) is 7.74. The van der Waals surface area contributed by atoms with Crippen LogP contribution in [0.25, 0.3) is 11.1 Å². The van der Waals surface area contributed by atoms with Crippen LogP contribution in [0.15, 0.2) is 22.6 Å². The molecule has 1 N–H and O–H groups in total. The molecule has 4 heteroatoms. The van der Waals surface area contributed by atoms with Gasteiger partial charge in [-0.25, -0.2) is 4.98 Å². The lowest BCUT2D eigenvalue weighted by molar-refractivity contribution is 0.511. The zero-order valence-electron chi connectivity index (χ0n) is 7.74. The first-order valence-electron chi connectivity index (χ1n) is 4.27. The van der Waals surface area contributed by atoms with Gasteiger partial charge in [0, 0.05) is 0 Å². The molecule has 0 spiro atoms. The molecule has 0 fully saturated rings. The van der Waals surface area contributed by atoms with Gasteiger partial charge < -0.3 is 9.73 Å². The molecule has 4 nitrogen and oxygen atoms in total. The third-order valence-electron chi connectivity index (χ3n) is 1.89. The summed E-state index contributed by atoms with van der Waals surface area (Å²) in [6.45, 7) is 0.594. The van der Waals surface area contributed by atoms with Gasteiger partial charge in [0.15, 0.2) is 5.58 Å². The van der Waals surface area contributed by atoms with Gasteiger partial charge in [-0.3, -0.25) is 0 Å². The van der Waals surface area contributed by atoms with E-state index in [-0.39, 0.29) is 0 Å². The molecule has 0 unspecified atom stereocenters. The Balaban J connectivity index is 2.50. The molecule has 70 valence electrons. The van der Waals surface area contributed by atoms with E-state index in [1.165, 1.54) is 0 Å². The van der Waals surface area contributed by atoms with Crippen molar-refractivity contribution in [2.45, 2.75) is 6.54 Å². The number of nitriles is 1. The number of oxazole rings is 1. The predicted octanol–water partition coefficient (Wildman–Crippen LogP) is 1.42. The molecule has 0 atom stereocenters. The predicted molar refractivity (Wildman–Crippen MR) is 51.5 cm³/mol. The maximum absolute atomic E-state index is 8.69. The molecular weight excluding hydrogens is 178 g/mol. The van der Waals surface area contributed by atoms with Crippen LogP contribution >= 0.6 is 0 Å². The van der Waals surface area contributed by atoms with Gasteiger partial charge in [0.2, 0.25) is 5.89 Å². The second-order valence-corrected chi connectivity index (χ2v) is 2.93. The Bertz CT molecular complexity index is 496. The largest absolute Gasteiger partial charge is 0.439 e. The number of benzene rings is 1. The van der Waals surface area contributed by atoms with Crippen molar-refractivity contribution < 1.29 is 4.42 Å². The van der Waals surface area contributed by atoms with Crippen molar-refractivity contribution >= 4 is 11.1 Å². The molecule has 14 heavy (non-hydrogen) atoms. The van der Waals surface area contributed by atoms with E-state index in [1.54, 1.807) is 18.2 Å². The van der Waals surface area contributed by atoms with Crippen LogP contribution in [0.4, 0.5) is 0 Å². The van der Waals surface area contributed by atoms with Crippen molar-refractivity contribution in [2.75, 3.05) is 7.05 Å². The van der Waals surface area contributed by atoms with Crippen LogP contribution < -0.4 is 5.32 Å². The molecule has 0 radical (unpaired) electrons. The molecule has 0 amide bonds. The minimum Gasteiger partial charge on any atom is -0.439 e. The van der Waals surface area contributed by atoms with Crippen LogP contribution in [0.2, 0.25) is 0 Å². The van der Waals surface area contributed by atoms with Crippen molar-refractivity contribution in [1.82, 2.24) is 10.3 Å². The second-order valence-electron chi connectivity index (χ2n) is 2.93. The highest BCUT2D eigenvalue weighted by Gasteiger charge is 2.04. The summed E-state index contributed by atoms with van der Waals surface area (Å²) in [4.78, 5) is 4.23. The Kier molecular flexibility index (Phi) is 2.17. The minimum atomic E-state index is 0.594. The number of hydrogen-bond acceptors (Lipinski definition) is 4. The lowest BCUT2D eigenvalue weighted by Gasteiger charge is -1.88. The number of fused-ring (bicyclic) bond motifs is 1. The summed E-state index contributed by atoms with van der Waals surface area (Å²) in [7, 11) is 1.83. The highest BCUT2D eigenvalue weighted by Crippen LogP contribution is 2.16. The van der Waals surface area contributed by atoms with Crippen LogP contribution in [0.1, 0.15) is 11.5 Å². The van der Waals surface area contributed by atoms with Crippen molar-refractivity contribution in [3.05, 3.63) is 29.7 Å². The fourth-order valence-corrected chi connectivity index (χ4v) is 1.27. The number of rotatable bonds is 2. The van der Waals surface area contributed by atoms with Gasteiger partial charge in [-0.05, 0) is 25.2 Å². The van der Waals surface area contributed by atoms with Crippen LogP contribution in [-0.4, -0.2) is 12.0 Å². The van der Waals surface area contributed by atoms with E-state index < -0.39 is 0 Å². The van der Waals surface area contributed by atoms with Gasteiger partial charge in [0.05, 0.1) is 18.2 Å². The van der Waals surface area contributed by atoms with Crippen molar-refractivity contribution in [1.29, 1.82) is 5.26 Å². The van der Waals surface area contributed by atoms with Gasteiger partial charge in [-0.1, -0.05) is 0 Å². The molecule has 2 aromatic rings. The van der Waals surface area contributed by atoms with Crippen molar-refractivity contribution in [3.8, 4) is 6.07 Å². The monoisotopic (exact) mass is 187 g/mol. The van der Waals surface area contributed by atoms with Crippen LogP contribution in [0.5, 0.6) is 0 Å². The summed E-state index contributed by atoms with van der Waals surface area (Å²) in [5, 5.41) is 11.6. The molecule has 0 saturated carbocycles. The molecule has 0 aliphatic rings. The minimum absolute atomic E-state index is 0.594. The summed E-state index contributed by atoms with van der Waals surface area (Å²) in [5.74, 6) is 0.637.